The van der Waals surface area contributed by atoms with Crippen molar-refractivity contribution in [2.75, 3.05) is 13.1 Å². The monoisotopic (exact) mass is 332 g/mol. The Bertz CT molecular complexity index is 772. The largest absolute Gasteiger partial charge is 0.481 e. The molecule has 1 aromatic heterocycles. The lowest BCUT2D eigenvalue weighted by Gasteiger charge is -2.29. The molecule has 7 nitrogen and oxygen atoms in total. The van der Waals surface area contributed by atoms with E-state index in [1.54, 1.807) is 19.1 Å². The molecule has 8 heteroatoms. The van der Waals surface area contributed by atoms with Gasteiger partial charge in [0.15, 0.2) is 0 Å². The summed E-state index contributed by atoms with van der Waals surface area (Å²) in [4.78, 5) is 29.3. The Morgan fingerprint density at radius 1 is 1.29 bits per heavy atom. The Kier molecular flexibility index (Phi) is 4.28. The Morgan fingerprint density at radius 2 is 2.00 bits per heavy atom. The molecule has 1 aliphatic rings. The summed E-state index contributed by atoms with van der Waals surface area (Å²) in [5.74, 6) is -1.68. The SMILES string of the molecule is Cc1nc(C(=O)N2CCC[C@H](C(=O)O)C2)nn1-c1ccc(F)cc1. The minimum atomic E-state index is -0.895. The van der Waals surface area contributed by atoms with E-state index in [4.69, 9.17) is 5.11 Å². The number of carbonyl (C=O) groups excluding carboxylic acids is 1. The standard InChI is InChI=1S/C16H17FN4O3/c1-10-18-14(19-21(10)13-6-4-12(17)5-7-13)15(22)20-8-2-3-11(9-20)16(23)24/h4-7,11H,2-3,8-9H2,1H3,(H,23,24)/t11-/m0/s1. The summed E-state index contributed by atoms with van der Waals surface area (Å²) >= 11 is 0. The zero-order valence-corrected chi connectivity index (χ0v) is 13.1. The molecule has 0 unspecified atom stereocenters. The van der Waals surface area contributed by atoms with Gasteiger partial charge in [0, 0.05) is 13.1 Å². The number of aryl methyl sites for hydroxylation is 1. The normalized spacial score (nSPS) is 17.8. The van der Waals surface area contributed by atoms with Crippen LogP contribution in [0.2, 0.25) is 0 Å². The number of aliphatic carboxylic acids is 1. The molecule has 1 fully saturated rings. The van der Waals surface area contributed by atoms with Crippen molar-refractivity contribution in [2.45, 2.75) is 19.8 Å². The van der Waals surface area contributed by atoms with Gasteiger partial charge < -0.3 is 10.0 Å². The molecule has 1 atom stereocenters. The van der Waals surface area contributed by atoms with Crippen LogP contribution >= 0.6 is 0 Å². The van der Waals surface area contributed by atoms with Crippen LogP contribution in [0.1, 0.15) is 29.3 Å². The molecule has 2 aromatic rings. The van der Waals surface area contributed by atoms with Gasteiger partial charge in [0.2, 0.25) is 5.82 Å². The predicted molar refractivity (Wildman–Crippen MR) is 82.3 cm³/mol. The number of halogens is 1. The van der Waals surface area contributed by atoms with Gasteiger partial charge in [-0.2, -0.15) is 0 Å². The summed E-state index contributed by atoms with van der Waals surface area (Å²) in [6.07, 6.45) is 1.20. The number of amides is 1. The molecular formula is C16H17FN4O3. The predicted octanol–water partition coefficient (Wildman–Crippen LogP) is 1.65. The minimum Gasteiger partial charge on any atom is -0.481 e. The van der Waals surface area contributed by atoms with E-state index in [-0.39, 0.29) is 24.1 Å². The van der Waals surface area contributed by atoms with Crippen LogP contribution in [0.5, 0.6) is 0 Å². The van der Waals surface area contributed by atoms with Crippen molar-refractivity contribution in [3.63, 3.8) is 0 Å². The van der Waals surface area contributed by atoms with E-state index in [9.17, 15) is 14.0 Å². The van der Waals surface area contributed by atoms with Crippen LogP contribution in [0.25, 0.3) is 5.69 Å². The number of rotatable bonds is 3. The summed E-state index contributed by atoms with van der Waals surface area (Å²) in [6.45, 7) is 2.36. The molecule has 126 valence electrons. The summed E-state index contributed by atoms with van der Waals surface area (Å²) in [6, 6.07) is 5.71. The molecule has 0 radical (unpaired) electrons. The zero-order chi connectivity index (χ0) is 17.3. The third-order valence-corrected chi connectivity index (χ3v) is 4.09. The first-order chi connectivity index (χ1) is 11.5. The molecule has 0 aliphatic carbocycles. The topological polar surface area (TPSA) is 88.3 Å². The smallest absolute Gasteiger partial charge is 0.308 e. The van der Waals surface area contributed by atoms with E-state index >= 15 is 0 Å². The Hall–Kier alpha value is -2.77. The second kappa shape index (κ2) is 6.38. The van der Waals surface area contributed by atoms with Crippen molar-refractivity contribution in [2.24, 2.45) is 5.92 Å². The van der Waals surface area contributed by atoms with E-state index in [2.05, 4.69) is 10.1 Å². The van der Waals surface area contributed by atoms with Gasteiger partial charge in [-0.15, -0.1) is 5.10 Å². The van der Waals surface area contributed by atoms with Gasteiger partial charge in [-0.1, -0.05) is 0 Å². The van der Waals surface area contributed by atoms with E-state index in [0.29, 0.717) is 30.9 Å². The number of aromatic nitrogens is 3. The van der Waals surface area contributed by atoms with Crippen LogP contribution in [-0.4, -0.2) is 49.7 Å². The number of benzene rings is 1. The van der Waals surface area contributed by atoms with Crippen LogP contribution in [0.4, 0.5) is 4.39 Å². The minimum absolute atomic E-state index is 0.0165. The molecule has 1 aromatic carbocycles. The van der Waals surface area contributed by atoms with Gasteiger partial charge in [0.1, 0.15) is 11.6 Å². The molecule has 1 amide bonds. The lowest BCUT2D eigenvalue weighted by atomic mass is 9.98. The van der Waals surface area contributed by atoms with E-state index < -0.39 is 11.9 Å². The van der Waals surface area contributed by atoms with Crippen LogP contribution < -0.4 is 0 Å². The average molecular weight is 332 g/mol. The number of nitrogens with zero attached hydrogens (tertiary/aromatic N) is 4. The van der Waals surface area contributed by atoms with E-state index in [1.165, 1.54) is 21.7 Å². The van der Waals surface area contributed by atoms with Crippen LogP contribution in [0.15, 0.2) is 24.3 Å². The Balaban J connectivity index is 1.82. The molecule has 3 rings (SSSR count). The average Bonchev–Trinajstić information content (AvgIpc) is 2.97. The highest BCUT2D eigenvalue weighted by Gasteiger charge is 2.30. The van der Waals surface area contributed by atoms with Crippen LogP contribution in [0, 0.1) is 18.7 Å². The first kappa shape index (κ1) is 16.1. The second-order valence-corrected chi connectivity index (χ2v) is 5.80. The maximum atomic E-state index is 13.0. The number of carbonyl (C=O) groups is 2. The molecule has 24 heavy (non-hydrogen) atoms. The molecule has 0 saturated carbocycles. The summed E-state index contributed by atoms with van der Waals surface area (Å²) in [7, 11) is 0. The highest BCUT2D eigenvalue weighted by molar-refractivity contribution is 5.91. The van der Waals surface area contributed by atoms with Crippen LogP contribution in [-0.2, 0) is 4.79 Å². The van der Waals surface area contributed by atoms with Crippen molar-refractivity contribution in [1.29, 1.82) is 0 Å². The summed E-state index contributed by atoms with van der Waals surface area (Å²) in [5, 5.41) is 13.3. The molecule has 1 aliphatic heterocycles. The lowest BCUT2D eigenvalue weighted by Crippen LogP contribution is -2.42. The van der Waals surface area contributed by atoms with Crippen molar-refractivity contribution < 1.29 is 19.1 Å². The fraction of sp³-hybridized carbons (Fsp3) is 0.375. The molecule has 0 bridgehead atoms. The number of hydrogen-bond acceptors (Lipinski definition) is 4. The number of carboxylic acids is 1. The van der Waals surface area contributed by atoms with Crippen molar-refractivity contribution in [1.82, 2.24) is 19.7 Å². The first-order valence-corrected chi connectivity index (χ1v) is 7.67. The fourth-order valence-corrected chi connectivity index (χ4v) is 2.81. The summed E-state index contributed by atoms with van der Waals surface area (Å²) < 4.78 is 14.5. The molecule has 2 heterocycles. The third kappa shape index (κ3) is 3.12. The van der Waals surface area contributed by atoms with Crippen molar-refractivity contribution >= 4 is 11.9 Å². The first-order valence-electron chi connectivity index (χ1n) is 7.67. The quantitative estimate of drug-likeness (QED) is 0.923. The number of carboxylic acid groups (broad SMARTS) is 1. The Labute approximate surface area is 137 Å². The number of likely N-dealkylation sites (tertiary alicyclic amines) is 1. The van der Waals surface area contributed by atoms with Gasteiger partial charge in [0.05, 0.1) is 11.6 Å². The maximum absolute atomic E-state index is 13.0. The van der Waals surface area contributed by atoms with Gasteiger partial charge in [-0.25, -0.2) is 14.1 Å². The molecule has 1 saturated heterocycles. The van der Waals surface area contributed by atoms with Crippen LogP contribution in [0.3, 0.4) is 0 Å². The molecule has 0 spiro atoms. The maximum Gasteiger partial charge on any atom is 0.308 e. The van der Waals surface area contributed by atoms with Crippen molar-refractivity contribution in [3.05, 3.63) is 41.7 Å². The van der Waals surface area contributed by atoms with Gasteiger partial charge >= 0.3 is 5.97 Å². The van der Waals surface area contributed by atoms with Crippen molar-refractivity contribution in [3.8, 4) is 5.69 Å². The van der Waals surface area contributed by atoms with Gasteiger partial charge in [0.25, 0.3) is 5.91 Å². The molecule has 1 N–H and O–H groups in total. The van der Waals surface area contributed by atoms with E-state index in [1.807, 2.05) is 0 Å². The Morgan fingerprint density at radius 3 is 2.67 bits per heavy atom. The number of piperidine rings is 1. The number of hydrogen-bond donors (Lipinski definition) is 1. The highest BCUT2D eigenvalue weighted by atomic mass is 19.1. The fourth-order valence-electron chi connectivity index (χ4n) is 2.81. The van der Waals surface area contributed by atoms with Gasteiger partial charge in [-0.3, -0.25) is 9.59 Å². The van der Waals surface area contributed by atoms with Gasteiger partial charge in [-0.05, 0) is 44.0 Å². The zero-order valence-electron chi connectivity index (χ0n) is 13.1. The lowest BCUT2D eigenvalue weighted by molar-refractivity contribution is -0.143. The van der Waals surface area contributed by atoms with E-state index in [0.717, 1.165) is 0 Å². The third-order valence-electron chi connectivity index (χ3n) is 4.09. The second-order valence-electron chi connectivity index (χ2n) is 5.80. The highest BCUT2D eigenvalue weighted by Crippen LogP contribution is 2.19. The summed E-state index contributed by atoms with van der Waals surface area (Å²) in [5.41, 5.74) is 0.600. The molecular weight excluding hydrogens is 315 g/mol.